The minimum absolute atomic E-state index is 0.149. The van der Waals surface area contributed by atoms with E-state index in [0.29, 0.717) is 17.2 Å². The molecule has 6 nitrogen and oxygen atoms in total. The zero-order chi connectivity index (χ0) is 20.5. The van der Waals surface area contributed by atoms with Crippen LogP contribution < -0.4 is 25.6 Å². The number of anilines is 2. The van der Waals surface area contributed by atoms with Crippen molar-refractivity contribution < 1.29 is 14.3 Å². The molecule has 150 valence electrons. The van der Waals surface area contributed by atoms with Gasteiger partial charge in [0.15, 0.2) is 11.5 Å². The van der Waals surface area contributed by atoms with E-state index in [4.69, 9.17) is 9.47 Å². The SMILES string of the molecule is C=C(NNC(=O)[C@H]1COc2ccccc2O1)c1ccc2c(c1)Nc1ccccc1S2. The molecule has 2 heterocycles. The van der Waals surface area contributed by atoms with Gasteiger partial charge in [0.25, 0.3) is 5.91 Å². The maximum atomic E-state index is 12.5. The first-order valence-corrected chi connectivity index (χ1v) is 10.3. The fraction of sp³-hybridized carbons (Fsp3) is 0.0870. The maximum Gasteiger partial charge on any atom is 0.282 e. The Morgan fingerprint density at radius 1 is 0.967 bits per heavy atom. The van der Waals surface area contributed by atoms with Crippen molar-refractivity contribution in [3.05, 3.63) is 78.9 Å². The predicted molar refractivity (Wildman–Crippen MR) is 117 cm³/mol. The van der Waals surface area contributed by atoms with Crippen molar-refractivity contribution in [3.63, 3.8) is 0 Å². The summed E-state index contributed by atoms with van der Waals surface area (Å²) in [7, 11) is 0. The number of nitrogens with one attached hydrogen (secondary N) is 3. The third-order valence-corrected chi connectivity index (χ3v) is 5.99. The van der Waals surface area contributed by atoms with Crippen molar-refractivity contribution in [2.24, 2.45) is 0 Å². The molecule has 0 fully saturated rings. The van der Waals surface area contributed by atoms with E-state index in [-0.39, 0.29) is 12.5 Å². The lowest BCUT2D eigenvalue weighted by molar-refractivity contribution is -0.131. The highest BCUT2D eigenvalue weighted by Crippen LogP contribution is 2.44. The van der Waals surface area contributed by atoms with Crippen LogP contribution in [0.1, 0.15) is 5.56 Å². The smallest absolute Gasteiger partial charge is 0.282 e. The first-order chi connectivity index (χ1) is 14.7. The van der Waals surface area contributed by atoms with Crippen molar-refractivity contribution in [3.8, 4) is 11.5 Å². The molecule has 2 aliphatic heterocycles. The average Bonchev–Trinajstić information content (AvgIpc) is 2.80. The molecule has 0 radical (unpaired) electrons. The number of carbonyl (C=O) groups is 1. The van der Waals surface area contributed by atoms with Gasteiger partial charge in [-0.05, 0) is 36.4 Å². The van der Waals surface area contributed by atoms with Gasteiger partial charge in [0.05, 0.1) is 17.1 Å². The second kappa shape index (κ2) is 7.68. The lowest BCUT2D eigenvalue weighted by atomic mass is 10.1. The summed E-state index contributed by atoms with van der Waals surface area (Å²) < 4.78 is 11.3. The van der Waals surface area contributed by atoms with Crippen LogP contribution in [0.15, 0.2) is 83.1 Å². The molecule has 1 atom stereocenters. The van der Waals surface area contributed by atoms with Gasteiger partial charge in [0.1, 0.15) is 6.61 Å². The molecule has 2 aliphatic rings. The summed E-state index contributed by atoms with van der Waals surface area (Å²) in [5.74, 6) is 0.868. The average molecular weight is 417 g/mol. The van der Waals surface area contributed by atoms with Gasteiger partial charge in [0, 0.05) is 15.4 Å². The maximum absolute atomic E-state index is 12.5. The minimum Gasteiger partial charge on any atom is -0.485 e. The molecule has 0 aliphatic carbocycles. The second-order valence-electron chi connectivity index (χ2n) is 6.89. The topological polar surface area (TPSA) is 71.6 Å². The zero-order valence-corrected chi connectivity index (χ0v) is 16.8. The monoisotopic (exact) mass is 417 g/mol. The Bertz CT molecular complexity index is 1150. The highest BCUT2D eigenvalue weighted by atomic mass is 32.2. The van der Waals surface area contributed by atoms with E-state index in [9.17, 15) is 4.79 Å². The molecule has 0 bridgehead atoms. The van der Waals surface area contributed by atoms with Crippen molar-refractivity contribution in [2.45, 2.75) is 15.9 Å². The molecule has 7 heteroatoms. The van der Waals surface area contributed by atoms with E-state index >= 15 is 0 Å². The summed E-state index contributed by atoms with van der Waals surface area (Å²) in [6.07, 6.45) is -0.738. The van der Waals surface area contributed by atoms with Crippen LogP contribution in [0, 0.1) is 0 Å². The Kier molecular flexibility index (Phi) is 4.72. The van der Waals surface area contributed by atoms with Crippen molar-refractivity contribution in [2.75, 3.05) is 11.9 Å². The first kappa shape index (κ1) is 18.4. The van der Waals surface area contributed by atoms with E-state index in [1.54, 1.807) is 17.8 Å². The van der Waals surface area contributed by atoms with Crippen molar-refractivity contribution in [1.82, 2.24) is 10.9 Å². The number of ether oxygens (including phenoxy) is 2. The van der Waals surface area contributed by atoms with Crippen LogP contribution >= 0.6 is 11.8 Å². The van der Waals surface area contributed by atoms with Crippen molar-refractivity contribution in [1.29, 1.82) is 0 Å². The Hall–Kier alpha value is -3.58. The highest BCUT2D eigenvalue weighted by molar-refractivity contribution is 7.99. The van der Waals surface area contributed by atoms with Gasteiger partial charge in [-0.1, -0.05) is 48.7 Å². The Morgan fingerprint density at radius 2 is 1.73 bits per heavy atom. The van der Waals surface area contributed by atoms with Crippen LogP contribution in [-0.4, -0.2) is 18.6 Å². The van der Waals surface area contributed by atoms with Gasteiger partial charge in [-0.2, -0.15) is 0 Å². The summed E-state index contributed by atoms with van der Waals surface area (Å²) >= 11 is 1.72. The van der Waals surface area contributed by atoms with Gasteiger partial charge < -0.3 is 14.8 Å². The van der Waals surface area contributed by atoms with Crippen LogP contribution in [0.3, 0.4) is 0 Å². The molecule has 0 spiro atoms. The zero-order valence-electron chi connectivity index (χ0n) is 16.0. The first-order valence-electron chi connectivity index (χ1n) is 9.49. The van der Waals surface area contributed by atoms with E-state index in [1.807, 2.05) is 48.5 Å². The molecule has 0 aromatic heterocycles. The lowest BCUT2D eigenvalue weighted by Crippen LogP contribution is -2.48. The summed E-state index contributed by atoms with van der Waals surface area (Å²) in [4.78, 5) is 14.8. The molecular formula is C23H19N3O3S. The van der Waals surface area contributed by atoms with Gasteiger partial charge >= 0.3 is 0 Å². The molecule has 3 aromatic rings. The molecule has 3 aromatic carbocycles. The summed E-state index contributed by atoms with van der Waals surface area (Å²) in [5.41, 5.74) is 9.07. The standard InChI is InChI=1S/C23H19N3O3S/c1-14(25-26-23(27)20-13-28-18-7-3-4-8-19(18)29-20)15-10-11-22-17(12-15)24-16-6-2-5-9-21(16)30-22/h2-12,20,24-25H,1,13H2,(H,26,27)/t20-/m1/s1. The molecule has 3 N–H and O–H groups in total. The second-order valence-corrected chi connectivity index (χ2v) is 7.97. The van der Waals surface area contributed by atoms with E-state index in [1.165, 1.54) is 4.90 Å². The Morgan fingerprint density at radius 3 is 2.63 bits per heavy atom. The molecule has 0 unspecified atom stereocenters. The third kappa shape index (κ3) is 3.55. The summed E-state index contributed by atoms with van der Waals surface area (Å²) in [6.45, 7) is 4.19. The van der Waals surface area contributed by atoms with E-state index < -0.39 is 6.10 Å². The van der Waals surface area contributed by atoms with Gasteiger partial charge in [-0.25, -0.2) is 0 Å². The molecule has 0 saturated carbocycles. The molecule has 1 amide bonds. The summed E-state index contributed by atoms with van der Waals surface area (Å²) in [6, 6.07) is 21.5. The summed E-state index contributed by atoms with van der Waals surface area (Å²) in [5, 5.41) is 3.45. The van der Waals surface area contributed by atoms with E-state index in [0.717, 1.165) is 21.8 Å². The lowest BCUT2D eigenvalue weighted by Gasteiger charge is -2.26. The molecule has 0 saturated heterocycles. The van der Waals surface area contributed by atoms with Gasteiger partial charge in [-0.3, -0.25) is 15.6 Å². The van der Waals surface area contributed by atoms with Crippen LogP contribution in [-0.2, 0) is 4.79 Å². The third-order valence-electron chi connectivity index (χ3n) is 4.84. The largest absolute Gasteiger partial charge is 0.485 e. The van der Waals surface area contributed by atoms with Crippen LogP contribution in [0.5, 0.6) is 11.5 Å². The molecule has 30 heavy (non-hydrogen) atoms. The number of benzene rings is 3. The fourth-order valence-corrected chi connectivity index (χ4v) is 4.23. The Labute approximate surface area is 178 Å². The minimum atomic E-state index is -0.738. The Balaban J connectivity index is 1.22. The highest BCUT2D eigenvalue weighted by Gasteiger charge is 2.27. The molecule has 5 rings (SSSR count). The number of rotatable bonds is 4. The van der Waals surface area contributed by atoms with E-state index in [2.05, 4.69) is 34.9 Å². The van der Waals surface area contributed by atoms with Crippen LogP contribution in [0.2, 0.25) is 0 Å². The molecular weight excluding hydrogens is 398 g/mol. The van der Waals surface area contributed by atoms with Crippen molar-refractivity contribution >= 4 is 34.7 Å². The van der Waals surface area contributed by atoms with Gasteiger partial charge in [-0.15, -0.1) is 0 Å². The van der Waals surface area contributed by atoms with Crippen LogP contribution in [0.25, 0.3) is 5.70 Å². The number of carbonyl (C=O) groups excluding carboxylic acids is 1. The number of amides is 1. The number of fused-ring (bicyclic) bond motifs is 3. The fourth-order valence-electron chi connectivity index (χ4n) is 3.27. The number of hydrogen-bond acceptors (Lipinski definition) is 6. The number of hydrazine groups is 1. The normalized spacial score (nSPS) is 15.8. The van der Waals surface area contributed by atoms with Gasteiger partial charge in [0.2, 0.25) is 6.10 Å². The quantitative estimate of drug-likeness (QED) is 0.430. The van der Waals surface area contributed by atoms with Crippen LogP contribution in [0.4, 0.5) is 11.4 Å². The number of para-hydroxylation sites is 3. The predicted octanol–water partition coefficient (Wildman–Crippen LogP) is 4.33. The number of hydrogen-bond donors (Lipinski definition) is 3.